The first-order chi connectivity index (χ1) is 8.70. The van der Waals surface area contributed by atoms with Gasteiger partial charge in [0.1, 0.15) is 0 Å². The molecular weight excluding hydrogens is 234 g/mol. The van der Waals surface area contributed by atoms with Crippen molar-refractivity contribution in [1.29, 1.82) is 0 Å². The second-order valence-electron chi connectivity index (χ2n) is 4.34. The zero-order valence-electron chi connectivity index (χ0n) is 10.6. The fraction of sp³-hybridized carbons (Fsp3) is 0.667. The number of nitrogens with zero attached hydrogens (tertiary/aromatic N) is 2. The lowest BCUT2D eigenvalue weighted by atomic mass is 10.2. The number of aromatic nitrogens is 2. The van der Waals surface area contributed by atoms with Crippen LogP contribution in [0.1, 0.15) is 36.7 Å². The van der Waals surface area contributed by atoms with E-state index >= 15 is 0 Å². The first-order valence-electron chi connectivity index (χ1n) is 6.32. The van der Waals surface area contributed by atoms with Gasteiger partial charge in [-0.05, 0) is 26.2 Å². The molecule has 2 N–H and O–H groups in total. The van der Waals surface area contributed by atoms with Gasteiger partial charge in [-0.25, -0.2) is 4.79 Å². The maximum absolute atomic E-state index is 11.5. The van der Waals surface area contributed by atoms with Gasteiger partial charge in [0, 0.05) is 19.3 Å². The summed E-state index contributed by atoms with van der Waals surface area (Å²) in [5.41, 5.74) is 6.30. The van der Waals surface area contributed by atoms with E-state index in [-0.39, 0.29) is 5.69 Å². The van der Waals surface area contributed by atoms with Crippen LogP contribution in [0.15, 0.2) is 6.20 Å². The number of carbonyl (C=O) groups excluding carboxylic acids is 1. The molecule has 1 fully saturated rings. The highest BCUT2D eigenvalue weighted by Crippen LogP contribution is 2.17. The molecule has 1 unspecified atom stereocenters. The maximum Gasteiger partial charge on any atom is 0.361 e. The van der Waals surface area contributed by atoms with Crippen LogP contribution in [0.5, 0.6) is 0 Å². The summed E-state index contributed by atoms with van der Waals surface area (Å²) in [7, 11) is 0. The average molecular weight is 253 g/mol. The Kier molecular flexibility index (Phi) is 4.19. The van der Waals surface area contributed by atoms with Crippen molar-refractivity contribution < 1.29 is 14.3 Å². The number of ether oxygens (including phenoxy) is 2. The van der Waals surface area contributed by atoms with Gasteiger partial charge < -0.3 is 15.2 Å². The fourth-order valence-electron chi connectivity index (χ4n) is 2.06. The molecule has 6 heteroatoms. The molecule has 1 aromatic heterocycles. The molecule has 1 atom stereocenters. The first kappa shape index (κ1) is 12.9. The van der Waals surface area contributed by atoms with Crippen LogP contribution in [0.25, 0.3) is 0 Å². The quantitative estimate of drug-likeness (QED) is 0.798. The molecule has 1 aromatic rings. The Balaban J connectivity index is 1.93. The summed E-state index contributed by atoms with van der Waals surface area (Å²) in [6, 6.07) is 0. The third-order valence-corrected chi connectivity index (χ3v) is 2.96. The summed E-state index contributed by atoms with van der Waals surface area (Å²) in [5.74, 6) is -0.467. The zero-order chi connectivity index (χ0) is 13.0. The number of nitrogens with two attached hydrogens (primary N) is 1. The minimum atomic E-state index is -0.467. The second kappa shape index (κ2) is 5.86. The van der Waals surface area contributed by atoms with E-state index in [0.29, 0.717) is 24.9 Å². The summed E-state index contributed by atoms with van der Waals surface area (Å²) in [6.07, 6.45) is 5.09. The van der Waals surface area contributed by atoms with E-state index in [4.69, 9.17) is 15.2 Å². The molecular formula is C12H19N3O3. The van der Waals surface area contributed by atoms with Gasteiger partial charge in [0.2, 0.25) is 0 Å². The van der Waals surface area contributed by atoms with Crippen LogP contribution in [-0.4, -0.2) is 35.1 Å². The van der Waals surface area contributed by atoms with Gasteiger partial charge in [0.25, 0.3) is 0 Å². The van der Waals surface area contributed by atoms with Crippen molar-refractivity contribution in [3.8, 4) is 0 Å². The third-order valence-electron chi connectivity index (χ3n) is 2.96. The maximum atomic E-state index is 11.5. The molecule has 100 valence electrons. The van der Waals surface area contributed by atoms with Gasteiger partial charge in [-0.3, -0.25) is 4.68 Å². The van der Waals surface area contributed by atoms with Gasteiger partial charge in [-0.2, -0.15) is 5.10 Å². The highest BCUT2D eigenvalue weighted by molar-refractivity contribution is 5.92. The average Bonchev–Trinajstić information content (AvgIpc) is 2.96. The number of anilines is 1. The Morgan fingerprint density at radius 3 is 3.22 bits per heavy atom. The predicted molar refractivity (Wildman–Crippen MR) is 66.2 cm³/mol. The molecule has 0 aromatic carbocycles. The van der Waals surface area contributed by atoms with Crippen LogP contribution in [-0.2, 0) is 16.0 Å². The predicted octanol–water partition coefficient (Wildman–Crippen LogP) is 1.21. The number of esters is 1. The smallest absolute Gasteiger partial charge is 0.361 e. The van der Waals surface area contributed by atoms with Crippen molar-refractivity contribution in [1.82, 2.24) is 9.78 Å². The lowest BCUT2D eigenvalue weighted by Gasteiger charge is -2.08. The Bertz CT molecular complexity index is 411. The third kappa shape index (κ3) is 3.01. The Morgan fingerprint density at radius 1 is 1.72 bits per heavy atom. The number of nitrogen functional groups attached to an aromatic ring is 1. The van der Waals surface area contributed by atoms with Crippen LogP contribution in [0.4, 0.5) is 5.69 Å². The molecule has 2 rings (SSSR count). The lowest BCUT2D eigenvalue weighted by molar-refractivity contribution is 0.0519. The van der Waals surface area contributed by atoms with Crippen molar-refractivity contribution in [2.75, 3.05) is 18.9 Å². The molecule has 0 saturated carbocycles. The van der Waals surface area contributed by atoms with E-state index in [1.165, 1.54) is 0 Å². The lowest BCUT2D eigenvalue weighted by Crippen LogP contribution is -2.12. The van der Waals surface area contributed by atoms with Crippen LogP contribution in [0.2, 0.25) is 0 Å². The molecule has 0 aliphatic carbocycles. The SMILES string of the molecule is CCOC(=O)c1nn(CCC2CCCO2)cc1N. The topological polar surface area (TPSA) is 79.4 Å². The molecule has 1 saturated heterocycles. The molecule has 0 bridgehead atoms. The number of carbonyl (C=O) groups is 1. The normalized spacial score (nSPS) is 19.1. The van der Waals surface area contributed by atoms with Crippen LogP contribution in [0, 0.1) is 0 Å². The number of hydrogen-bond acceptors (Lipinski definition) is 5. The van der Waals surface area contributed by atoms with E-state index in [1.807, 2.05) is 0 Å². The van der Waals surface area contributed by atoms with Crippen molar-refractivity contribution >= 4 is 11.7 Å². The minimum Gasteiger partial charge on any atom is -0.461 e. The molecule has 0 radical (unpaired) electrons. The molecule has 6 nitrogen and oxygen atoms in total. The zero-order valence-corrected chi connectivity index (χ0v) is 10.6. The van der Waals surface area contributed by atoms with Crippen LogP contribution in [0.3, 0.4) is 0 Å². The second-order valence-corrected chi connectivity index (χ2v) is 4.34. The molecule has 0 spiro atoms. The number of rotatable bonds is 5. The van der Waals surface area contributed by atoms with Crippen LogP contribution < -0.4 is 5.73 Å². The minimum absolute atomic E-state index is 0.198. The van der Waals surface area contributed by atoms with E-state index in [0.717, 1.165) is 25.9 Å². The van der Waals surface area contributed by atoms with Gasteiger partial charge in [0.15, 0.2) is 5.69 Å². The van der Waals surface area contributed by atoms with Crippen LogP contribution >= 0.6 is 0 Å². The highest BCUT2D eigenvalue weighted by atomic mass is 16.5. The first-order valence-corrected chi connectivity index (χ1v) is 6.32. The summed E-state index contributed by atoms with van der Waals surface area (Å²) in [5, 5.41) is 4.15. The molecule has 2 heterocycles. The summed E-state index contributed by atoms with van der Waals surface area (Å²) < 4.78 is 12.1. The molecule has 0 amide bonds. The van der Waals surface area contributed by atoms with E-state index in [9.17, 15) is 4.79 Å². The highest BCUT2D eigenvalue weighted by Gasteiger charge is 2.18. The van der Waals surface area contributed by atoms with Gasteiger partial charge in [0.05, 0.1) is 18.4 Å². The summed E-state index contributed by atoms with van der Waals surface area (Å²) >= 11 is 0. The monoisotopic (exact) mass is 253 g/mol. The standard InChI is InChI=1S/C12H19N3O3/c1-2-17-12(16)11-10(13)8-15(14-11)6-5-9-4-3-7-18-9/h8-9H,2-7,13H2,1H3. The van der Waals surface area contributed by atoms with E-state index in [2.05, 4.69) is 5.10 Å². The van der Waals surface area contributed by atoms with Crippen molar-refractivity contribution in [3.63, 3.8) is 0 Å². The molecule has 18 heavy (non-hydrogen) atoms. The fourth-order valence-corrected chi connectivity index (χ4v) is 2.06. The van der Waals surface area contributed by atoms with Gasteiger partial charge in [-0.15, -0.1) is 0 Å². The Morgan fingerprint density at radius 2 is 2.56 bits per heavy atom. The van der Waals surface area contributed by atoms with E-state index in [1.54, 1.807) is 17.8 Å². The van der Waals surface area contributed by atoms with E-state index < -0.39 is 5.97 Å². The molecule has 1 aliphatic heterocycles. The largest absolute Gasteiger partial charge is 0.461 e. The van der Waals surface area contributed by atoms with Crippen molar-refractivity contribution in [3.05, 3.63) is 11.9 Å². The number of hydrogen-bond donors (Lipinski definition) is 1. The summed E-state index contributed by atoms with van der Waals surface area (Å²) in [4.78, 5) is 11.5. The Labute approximate surface area is 106 Å². The van der Waals surface area contributed by atoms with Crippen molar-refractivity contribution in [2.24, 2.45) is 0 Å². The number of aryl methyl sites for hydroxylation is 1. The summed E-state index contributed by atoms with van der Waals surface area (Å²) in [6.45, 7) is 3.62. The van der Waals surface area contributed by atoms with Gasteiger partial charge >= 0.3 is 5.97 Å². The van der Waals surface area contributed by atoms with Gasteiger partial charge in [-0.1, -0.05) is 0 Å². The molecule has 1 aliphatic rings. The Hall–Kier alpha value is -1.56. The van der Waals surface area contributed by atoms with Crippen molar-refractivity contribution in [2.45, 2.75) is 38.8 Å².